The van der Waals surface area contributed by atoms with E-state index < -0.39 is 5.82 Å². The highest BCUT2D eigenvalue weighted by Crippen LogP contribution is 2.27. The number of nitrogens with two attached hydrogens (primary N) is 1. The Morgan fingerprint density at radius 3 is 2.67 bits per heavy atom. The molecule has 4 nitrogen and oxygen atoms in total. The van der Waals surface area contributed by atoms with Gasteiger partial charge in [0.1, 0.15) is 5.75 Å². The lowest BCUT2D eigenvalue weighted by Gasteiger charge is -2.30. The maximum atomic E-state index is 14.3. The van der Waals surface area contributed by atoms with Crippen LogP contribution in [0.2, 0.25) is 0 Å². The van der Waals surface area contributed by atoms with Crippen LogP contribution in [0.3, 0.4) is 0 Å². The van der Waals surface area contributed by atoms with Crippen molar-refractivity contribution in [3.8, 4) is 11.5 Å². The Morgan fingerprint density at radius 2 is 2.00 bits per heavy atom. The smallest absolute Gasteiger partial charge is 0.254 e. The third-order valence-electron chi connectivity index (χ3n) is 3.97. The number of benzene rings is 2. The van der Waals surface area contributed by atoms with Gasteiger partial charge in [0.25, 0.3) is 5.91 Å². The van der Waals surface area contributed by atoms with Crippen molar-refractivity contribution in [3.05, 3.63) is 58.3 Å². The second-order valence-corrected chi connectivity index (χ2v) is 6.77. The van der Waals surface area contributed by atoms with Crippen LogP contribution in [0.4, 0.5) is 4.39 Å². The van der Waals surface area contributed by atoms with E-state index in [9.17, 15) is 9.18 Å². The molecule has 2 aromatic carbocycles. The fraction of sp³-hybridized carbons (Fsp3) is 0.278. The molecule has 24 heavy (non-hydrogen) atoms. The van der Waals surface area contributed by atoms with E-state index in [-0.39, 0.29) is 17.7 Å². The predicted molar refractivity (Wildman–Crippen MR) is 93.7 cm³/mol. The number of hydrogen-bond acceptors (Lipinski definition) is 3. The summed E-state index contributed by atoms with van der Waals surface area (Å²) in [7, 11) is 0. The van der Waals surface area contributed by atoms with Gasteiger partial charge < -0.3 is 15.4 Å². The Labute approximate surface area is 148 Å². The molecule has 1 aliphatic rings. The molecular formula is C18H18BrFN2O2. The number of amides is 1. The molecule has 1 fully saturated rings. The first-order chi connectivity index (χ1) is 11.5. The fourth-order valence-electron chi connectivity index (χ4n) is 2.72. The van der Waals surface area contributed by atoms with E-state index in [4.69, 9.17) is 10.5 Å². The molecule has 3 rings (SSSR count). The van der Waals surface area contributed by atoms with E-state index in [1.54, 1.807) is 23.1 Å². The maximum absolute atomic E-state index is 14.3. The standard InChI is InChI=1S/C18H18BrFN2O2/c19-13-4-6-15(7-5-13)24-17-8-3-12(10-16(17)20)18(23)22-9-1-2-14(21)11-22/h3-8,10,14H,1-2,9,11,21H2. The van der Waals surface area contributed by atoms with Crippen LogP contribution in [0.15, 0.2) is 46.9 Å². The number of ether oxygens (including phenoxy) is 1. The third kappa shape index (κ3) is 3.94. The highest BCUT2D eigenvalue weighted by atomic mass is 79.9. The number of likely N-dealkylation sites (tertiary alicyclic amines) is 1. The molecule has 1 atom stereocenters. The third-order valence-corrected chi connectivity index (χ3v) is 4.49. The second-order valence-electron chi connectivity index (χ2n) is 5.85. The van der Waals surface area contributed by atoms with Gasteiger partial charge in [-0.2, -0.15) is 0 Å². The molecule has 0 aliphatic carbocycles. The summed E-state index contributed by atoms with van der Waals surface area (Å²) in [4.78, 5) is 14.1. The minimum Gasteiger partial charge on any atom is -0.454 e. The molecule has 0 spiro atoms. The molecule has 2 N–H and O–H groups in total. The van der Waals surface area contributed by atoms with Crippen LogP contribution in [0.25, 0.3) is 0 Å². The highest BCUT2D eigenvalue weighted by Gasteiger charge is 2.23. The van der Waals surface area contributed by atoms with Gasteiger partial charge in [-0.05, 0) is 55.3 Å². The Kier molecular flexibility index (Phi) is 5.16. The summed E-state index contributed by atoms with van der Waals surface area (Å²) in [6, 6.07) is 11.4. The highest BCUT2D eigenvalue weighted by molar-refractivity contribution is 9.10. The summed E-state index contributed by atoms with van der Waals surface area (Å²) < 4.78 is 20.7. The Hall–Kier alpha value is -1.92. The van der Waals surface area contributed by atoms with E-state index in [1.807, 2.05) is 12.1 Å². The Balaban J connectivity index is 1.74. The van der Waals surface area contributed by atoms with Crippen LogP contribution < -0.4 is 10.5 Å². The van der Waals surface area contributed by atoms with Crippen molar-refractivity contribution < 1.29 is 13.9 Å². The van der Waals surface area contributed by atoms with E-state index in [2.05, 4.69) is 15.9 Å². The van der Waals surface area contributed by atoms with Crippen LogP contribution in [0, 0.1) is 5.82 Å². The number of carbonyl (C=O) groups is 1. The van der Waals surface area contributed by atoms with Gasteiger partial charge in [-0.15, -0.1) is 0 Å². The van der Waals surface area contributed by atoms with Crippen molar-refractivity contribution in [2.75, 3.05) is 13.1 Å². The zero-order valence-electron chi connectivity index (χ0n) is 13.0. The van der Waals surface area contributed by atoms with Gasteiger partial charge in [0.2, 0.25) is 0 Å². The van der Waals surface area contributed by atoms with Gasteiger partial charge in [0.15, 0.2) is 11.6 Å². The average molecular weight is 393 g/mol. The first-order valence-electron chi connectivity index (χ1n) is 7.81. The summed E-state index contributed by atoms with van der Waals surface area (Å²) in [5, 5.41) is 0. The van der Waals surface area contributed by atoms with Crippen molar-refractivity contribution in [1.29, 1.82) is 0 Å². The second kappa shape index (κ2) is 7.32. The van der Waals surface area contributed by atoms with Gasteiger partial charge in [-0.1, -0.05) is 15.9 Å². The summed E-state index contributed by atoms with van der Waals surface area (Å²) in [5.74, 6) is -0.147. The number of carbonyl (C=O) groups excluding carboxylic acids is 1. The average Bonchev–Trinajstić information content (AvgIpc) is 2.58. The van der Waals surface area contributed by atoms with Crippen molar-refractivity contribution in [2.24, 2.45) is 5.73 Å². The predicted octanol–water partition coefficient (Wildman–Crippen LogP) is 3.94. The van der Waals surface area contributed by atoms with Crippen LogP contribution in [0.5, 0.6) is 11.5 Å². The normalized spacial score (nSPS) is 17.6. The molecule has 126 valence electrons. The van der Waals surface area contributed by atoms with Gasteiger partial charge in [-0.25, -0.2) is 4.39 Å². The Bertz CT molecular complexity index is 736. The summed E-state index contributed by atoms with van der Waals surface area (Å²) in [6.45, 7) is 1.17. The number of piperidine rings is 1. The molecule has 0 aromatic heterocycles. The van der Waals surface area contributed by atoms with E-state index >= 15 is 0 Å². The molecule has 1 unspecified atom stereocenters. The van der Waals surface area contributed by atoms with E-state index in [0.29, 0.717) is 24.4 Å². The lowest BCUT2D eigenvalue weighted by molar-refractivity contribution is 0.0708. The summed E-state index contributed by atoms with van der Waals surface area (Å²) >= 11 is 3.33. The lowest BCUT2D eigenvalue weighted by Crippen LogP contribution is -2.45. The molecule has 1 saturated heterocycles. The number of hydrogen-bond donors (Lipinski definition) is 1. The number of rotatable bonds is 3. The molecular weight excluding hydrogens is 375 g/mol. The topological polar surface area (TPSA) is 55.6 Å². The molecule has 1 amide bonds. The quantitative estimate of drug-likeness (QED) is 0.860. The first-order valence-corrected chi connectivity index (χ1v) is 8.60. The van der Waals surface area contributed by atoms with Crippen molar-refractivity contribution in [3.63, 3.8) is 0 Å². The van der Waals surface area contributed by atoms with Crippen LogP contribution in [-0.2, 0) is 0 Å². The monoisotopic (exact) mass is 392 g/mol. The van der Waals surface area contributed by atoms with Crippen molar-refractivity contribution in [1.82, 2.24) is 4.90 Å². The minimum atomic E-state index is -0.565. The first kappa shape index (κ1) is 16.9. The molecule has 0 saturated carbocycles. The van der Waals surface area contributed by atoms with E-state index in [1.165, 1.54) is 12.1 Å². The molecule has 6 heteroatoms. The number of nitrogens with zero attached hydrogens (tertiary/aromatic N) is 1. The zero-order chi connectivity index (χ0) is 17.1. The van der Waals surface area contributed by atoms with Gasteiger partial charge in [0, 0.05) is 29.2 Å². The van der Waals surface area contributed by atoms with Gasteiger partial charge in [0.05, 0.1) is 0 Å². The molecule has 1 aliphatic heterocycles. The minimum absolute atomic E-state index is 0.00689. The summed E-state index contributed by atoms with van der Waals surface area (Å²) in [6.07, 6.45) is 1.79. The lowest BCUT2D eigenvalue weighted by atomic mass is 10.1. The zero-order valence-corrected chi connectivity index (χ0v) is 14.6. The van der Waals surface area contributed by atoms with Gasteiger partial charge >= 0.3 is 0 Å². The number of halogens is 2. The van der Waals surface area contributed by atoms with Crippen LogP contribution in [-0.4, -0.2) is 29.9 Å². The molecule has 0 bridgehead atoms. The van der Waals surface area contributed by atoms with Crippen molar-refractivity contribution in [2.45, 2.75) is 18.9 Å². The SMILES string of the molecule is NC1CCCN(C(=O)c2ccc(Oc3ccc(Br)cc3)c(F)c2)C1. The summed E-state index contributed by atoms with van der Waals surface area (Å²) in [5.41, 5.74) is 6.21. The maximum Gasteiger partial charge on any atom is 0.254 e. The largest absolute Gasteiger partial charge is 0.454 e. The fourth-order valence-corrected chi connectivity index (χ4v) is 2.99. The van der Waals surface area contributed by atoms with Gasteiger partial charge in [-0.3, -0.25) is 4.79 Å². The van der Waals surface area contributed by atoms with Crippen molar-refractivity contribution >= 4 is 21.8 Å². The Morgan fingerprint density at radius 1 is 1.25 bits per heavy atom. The molecule has 2 aromatic rings. The van der Waals surface area contributed by atoms with Crippen LogP contribution in [0.1, 0.15) is 23.2 Å². The van der Waals surface area contributed by atoms with Crippen LogP contribution >= 0.6 is 15.9 Å². The molecule has 1 heterocycles. The van der Waals surface area contributed by atoms with E-state index in [0.717, 1.165) is 17.3 Å². The molecule has 0 radical (unpaired) electrons.